The van der Waals surface area contributed by atoms with Gasteiger partial charge in [0, 0.05) is 6.54 Å². The van der Waals surface area contributed by atoms with Crippen molar-refractivity contribution in [3.8, 4) is 0 Å². The molecular formula is C9H19NO2. The van der Waals surface area contributed by atoms with E-state index < -0.39 is 11.7 Å². The molecule has 72 valence electrons. The molecule has 1 rings (SSSR count). The molecule has 3 atom stereocenters. The molecule has 0 saturated heterocycles. The summed E-state index contributed by atoms with van der Waals surface area (Å²) in [6.07, 6.45) is 0.903. The molecule has 1 saturated carbocycles. The van der Waals surface area contributed by atoms with Crippen molar-refractivity contribution in [3.05, 3.63) is 0 Å². The molecule has 1 fully saturated rings. The fourth-order valence-corrected chi connectivity index (χ4v) is 2.03. The van der Waals surface area contributed by atoms with E-state index in [9.17, 15) is 10.2 Å². The Balaban J connectivity index is 2.44. The van der Waals surface area contributed by atoms with Crippen molar-refractivity contribution in [2.75, 3.05) is 20.6 Å². The van der Waals surface area contributed by atoms with Gasteiger partial charge in [-0.15, -0.1) is 0 Å². The molecule has 1 aliphatic carbocycles. The van der Waals surface area contributed by atoms with Crippen LogP contribution in [0.1, 0.15) is 19.8 Å². The van der Waals surface area contributed by atoms with Gasteiger partial charge in [0.15, 0.2) is 0 Å². The van der Waals surface area contributed by atoms with Crippen molar-refractivity contribution in [2.24, 2.45) is 5.92 Å². The van der Waals surface area contributed by atoms with Gasteiger partial charge in [-0.3, -0.25) is 0 Å². The molecule has 0 unspecified atom stereocenters. The topological polar surface area (TPSA) is 43.7 Å². The SMILES string of the molecule is CN(C)C[C@@H]1C[C@H](O)[C@@](C)(O)C1. The lowest BCUT2D eigenvalue weighted by atomic mass is 10.0. The first-order valence-electron chi connectivity index (χ1n) is 4.47. The molecule has 0 amide bonds. The maximum absolute atomic E-state index is 9.68. The Hall–Kier alpha value is -0.120. The molecule has 0 aromatic rings. The second-order valence-corrected chi connectivity index (χ2v) is 4.44. The zero-order valence-corrected chi connectivity index (χ0v) is 8.12. The van der Waals surface area contributed by atoms with Gasteiger partial charge >= 0.3 is 0 Å². The van der Waals surface area contributed by atoms with E-state index in [-0.39, 0.29) is 0 Å². The first kappa shape index (κ1) is 9.96. The predicted octanol–water partition coefficient (Wildman–Crippen LogP) is 0.0699. The average Bonchev–Trinajstić information content (AvgIpc) is 2.04. The number of nitrogens with zero attached hydrogens (tertiary/aromatic N) is 1. The van der Waals surface area contributed by atoms with Crippen LogP contribution in [0.4, 0.5) is 0 Å². The average molecular weight is 173 g/mol. The van der Waals surface area contributed by atoms with Gasteiger partial charge in [0.25, 0.3) is 0 Å². The Morgan fingerprint density at radius 1 is 1.50 bits per heavy atom. The van der Waals surface area contributed by atoms with E-state index in [4.69, 9.17) is 0 Å². The normalized spacial score (nSPS) is 42.5. The van der Waals surface area contributed by atoms with Gasteiger partial charge in [0.05, 0.1) is 11.7 Å². The summed E-state index contributed by atoms with van der Waals surface area (Å²) < 4.78 is 0. The molecule has 12 heavy (non-hydrogen) atoms. The van der Waals surface area contributed by atoms with Crippen LogP contribution in [-0.2, 0) is 0 Å². The number of hydrogen-bond donors (Lipinski definition) is 2. The molecule has 0 radical (unpaired) electrons. The first-order chi connectivity index (χ1) is 5.42. The lowest BCUT2D eigenvalue weighted by Crippen LogP contribution is -2.33. The summed E-state index contributed by atoms with van der Waals surface area (Å²) in [7, 11) is 4.03. The molecule has 3 nitrogen and oxygen atoms in total. The summed E-state index contributed by atoms with van der Waals surface area (Å²) in [6, 6.07) is 0. The summed E-state index contributed by atoms with van der Waals surface area (Å²) in [5.41, 5.74) is -0.860. The third-order valence-electron chi connectivity index (χ3n) is 2.60. The quantitative estimate of drug-likeness (QED) is 0.621. The smallest absolute Gasteiger partial charge is 0.0880 e. The number of hydrogen-bond acceptors (Lipinski definition) is 3. The Kier molecular flexibility index (Phi) is 2.76. The highest BCUT2D eigenvalue weighted by Crippen LogP contribution is 2.34. The van der Waals surface area contributed by atoms with Crippen LogP contribution in [0.5, 0.6) is 0 Å². The van der Waals surface area contributed by atoms with Crippen molar-refractivity contribution in [1.82, 2.24) is 4.90 Å². The van der Waals surface area contributed by atoms with E-state index in [0.717, 1.165) is 13.0 Å². The molecular weight excluding hydrogens is 154 g/mol. The maximum Gasteiger partial charge on any atom is 0.0880 e. The summed E-state index contributed by atoms with van der Waals surface area (Å²) >= 11 is 0. The first-order valence-corrected chi connectivity index (χ1v) is 4.47. The fraction of sp³-hybridized carbons (Fsp3) is 1.00. The molecule has 0 aromatic heterocycles. The summed E-state index contributed by atoms with van der Waals surface area (Å²) in [4.78, 5) is 2.10. The molecule has 0 spiro atoms. The van der Waals surface area contributed by atoms with E-state index >= 15 is 0 Å². The summed E-state index contributed by atoms with van der Waals surface area (Å²) in [6.45, 7) is 2.67. The van der Waals surface area contributed by atoms with Gasteiger partial charge in [0.2, 0.25) is 0 Å². The van der Waals surface area contributed by atoms with Crippen LogP contribution in [0, 0.1) is 5.92 Å². The van der Waals surface area contributed by atoms with Crippen molar-refractivity contribution < 1.29 is 10.2 Å². The Morgan fingerprint density at radius 3 is 2.42 bits per heavy atom. The monoisotopic (exact) mass is 173 g/mol. The van der Waals surface area contributed by atoms with Crippen LogP contribution in [0.3, 0.4) is 0 Å². The van der Waals surface area contributed by atoms with Crippen LogP contribution in [-0.4, -0.2) is 47.5 Å². The molecule has 3 heteroatoms. The third kappa shape index (κ3) is 2.19. The third-order valence-corrected chi connectivity index (χ3v) is 2.60. The van der Waals surface area contributed by atoms with Crippen molar-refractivity contribution in [1.29, 1.82) is 0 Å². The molecule has 2 N–H and O–H groups in total. The highest BCUT2D eigenvalue weighted by Gasteiger charge is 2.41. The fourth-order valence-electron chi connectivity index (χ4n) is 2.03. The zero-order chi connectivity index (χ0) is 9.35. The largest absolute Gasteiger partial charge is 0.390 e. The lowest BCUT2D eigenvalue weighted by molar-refractivity contribution is -0.0386. The molecule has 1 aliphatic rings. The van der Waals surface area contributed by atoms with Gasteiger partial charge < -0.3 is 15.1 Å². The minimum Gasteiger partial charge on any atom is -0.390 e. The van der Waals surface area contributed by atoms with E-state index in [0.29, 0.717) is 12.3 Å². The Morgan fingerprint density at radius 2 is 2.08 bits per heavy atom. The minimum atomic E-state index is -0.860. The number of aliphatic hydroxyl groups excluding tert-OH is 1. The van der Waals surface area contributed by atoms with Gasteiger partial charge in [0.1, 0.15) is 0 Å². The highest BCUT2D eigenvalue weighted by molar-refractivity contribution is 4.93. The maximum atomic E-state index is 9.68. The Labute approximate surface area is 74.0 Å². The summed E-state index contributed by atoms with van der Waals surface area (Å²) in [5, 5.41) is 19.1. The van der Waals surface area contributed by atoms with Gasteiger partial charge in [-0.25, -0.2) is 0 Å². The molecule has 0 aromatic carbocycles. The Bertz CT molecular complexity index is 157. The second kappa shape index (κ2) is 3.32. The minimum absolute atomic E-state index is 0.435. The van der Waals surface area contributed by atoms with Crippen LogP contribution in [0.25, 0.3) is 0 Å². The second-order valence-electron chi connectivity index (χ2n) is 4.44. The standard InChI is InChI=1S/C9H19NO2/c1-9(12)5-7(4-8(9)11)6-10(2)3/h7-8,11-12H,4-6H2,1-3H3/t7-,8+,9+/m1/s1. The zero-order valence-electron chi connectivity index (χ0n) is 8.12. The number of aliphatic hydroxyl groups is 2. The van der Waals surface area contributed by atoms with Crippen LogP contribution in [0.2, 0.25) is 0 Å². The highest BCUT2D eigenvalue weighted by atomic mass is 16.3. The van der Waals surface area contributed by atoms with Crippen molar-refractivity contribution in [2.45, 2.75) is 31.5 Å². The molecule has 0 bridgehead atoms. The van der Waals surface area contributed by atoms with Crippen LogP contribution in [0.15, 0.2) is 0 Å². The van der Waals surface area contributed by atoms with Crippen LogP contribution < -0.4 is 0 Å². The van der Waals surface area contributed by atoms with E-state index in [1.54, 1.807) is 6.92 Å². The van der Waals surface area contributed by atoms with Gasteiger partial charge in [-0.05, 0) is 39.8 Å². The van der Waals surface area contributed by atoms with Crippen molar-refractivity contribution >= 4 is 0 Å². The van der Waals surface area contributed by atoms with Crippen LogP contribution >= 0.6 is 0 Å². The molecule has 0 heterocycles. The van der Waals surface area contributed by atoms with E-state index in [2.05, 4.69) is 4.90 Å². The predicted molar refractivity (Wildman–Crippen MR) is 47.9 cm³/mol. The van der Waals surface area contributed by atoms with Crippen molar-refractivity contribution in [3.63, 3.8) is 0 Å². The van der Waals surface area contributed by atoms with E-state index in [1.807, 2.05) is 14.1 Å². The lowest BCUT2D eigenvalue weighted by Gasteiger charge is -2.20. The molecule has 0 aliphatic heterocycles. The van der Waals surface area contributed by atoms with Gasteiger partial charge in [-0.2, -0.15) is 0 Å². The number of rotatable bonds is 2. The van der Waals surface area contributed by atoms with Gasteiger partial charge in [-0.1, -0.05) is 0 Å². The summed E-state index contributed by atoms with van der Waals surface area (Å²) in [5.74, 6) is 0.435. The van der Waals surface area contributed by atoms with E-state index in [1.165, 1.54) is 0 Å².